The van der Waals surface area contributed by atoms with Gasteiger partial charge in [-0.2, -0.15) is 0 Å². The summed E-state index contributed by atoms with van der Waals surface area (Å²) in [5, 5.41) is 8.61. The Morgan fingerprint density at radius 2 is 2.27 bits per heavy atom. The molecular weight excluding hydrogens is 342 g/mol. The highest BCUT2D eigenvalue weighted by Crippen LogP contribution is 2.31. The molecule has 0 bridgehead atoms. The maximum atomic E-state index is 12.6. The molecule has 1 heterocycles. The topological polar surface area (TPSA) is 50.2 Å². The number of hydrogen-bond acceptors (Lipinski definition) is 2. The van der Waals surface area contributed by atoms with Crippen LogP contribution in [0.1, 0.15) is 17.7 Å². The Morgan fingerprint density at radius 1 is 1.67 bits per heavy atom. The highest BCUT2D eigenvalue weighted by molar-refractivity contribution is 14.1. The fourth-order valence-corrected chi connectivity index (χ4v) is 1.86. The van der Waals surface area contributed by atoms with E-state index >= 15 is 0 Å². The minimum Gasteiger partial charge on any atom is -0.481 e. The van der Waals surface area contributed by atoms with Crippen LogP contribution in [0.3, 0.4) is 0 Å². The first-order chi connectivity index (χ1) is 6.93. The van der Waals surface area contributed by atoms with Crippen molar-refractivity contribution in [1.29, 1.82) is 0 Å². The second kappa shape index (κ2) is 5.02. The van der Waals surface area contributed by atoms with Crippen LogP contribution in [0.25, 0.3) is 0 Å². The summed E-state index contributed by atoms with van der Waals surface area (Å²) in [6, 6.07) is 0. The third-order valence-corrected chi connectivity index (χ3v) is 3.40. The van der Waals surface area contributed by atoms with Gasteiger partial charge in [-0.15, -0.1) is 0 Å². The third-order valence-electron chi connectivity index (χ3n) is 1.63. The maximum Gasteiger partial charge on any atom is 0.309 e. The fraction of sp³-hybridized carbons (Fsp3) is 0.250. The van der Waals surface area contributed by atoms with Crippen molar-refractivity contribution in [3.05, 3.63) is 26.0 Å². The van der Waals surface area contributed by atoms with Gasteiger partial charge in [0.25, 0.3) is 6.43 Å². The standard InChI is InChI=1S/C8H5ClF2INO2/c9-3-2-13-4(1-5(14)15)6(7(3)12)8(10)11/h2,8H,1H2,(H,14,15). The predicted octanol–water partition coefficient (Wildman–Crippen LogP) is 2.90. The van der Waals surface area contributed by atoms with Gasteiger partial charge < -0.3 is 5.11 Å². The number of carboxylic acid groups (broad SMARTS) is 1. The minimum absolute atomic E-state index is 0.0973. The molecule has 1 rings (SSSR count). The fourth-order valence-electron chi connectivity index (χ4n) is 1.02. The van der Waals surface area contributed by atoms with Gasteiger partial charge in [0.2, 0.25) is 0 Å². The average Bonchev–Trinajstić information content (AvgIpc) is 2.10. The van der Waals surface area contributed by atoms with Crippen LogP contribution in [0.2, 0.25) is 5.02 Å². The molecule has 0 unspecified atom stereocenters. The van der Waals surface area contributed by atoms with Gasteiger partial charge in [0, 0.05) is 9.77 Å². The highest BCUT2D eigenvalue weighted by atomic mass is 127. The Balaban J connectivity index is 3.26. The molecule has 0 amide bonds. The monoisotopic (exact) mass is 347 g/mol. The number of carboxylic acids is 1. The van der Waals surface area contributed by atoms with Crippen molar-refractivity contribution in [2.45, 2.75) is 12.8 Å². The first-order valence-electron chi connectivity index (χ1n) is 3.76. The molecule has 1 aromatic heterocycles. The number of nitrogens with zero attached hydrogens (tertiary/aromatic N) is 1. The van der Waals surface area contributed by atoms with E-state index in [0.717, 1.165) is 0 Å². The molecule has 15 heavy (non-hydrogen) atoms. The summed E-state index contributed by atoms with van der Waals surface area (Å²) in [6.07, 6.45) is -2.14. The van der Waals surface area contributed by atoms with E-state index in [9.17, 15) is 13.6 Å². The number of halogens is 4. The smallest absolute Gasteiger partial charge is 0.309 e. The van der Waals surface area contributed by atoms with Crippen LogP contribution in [-0.2, 0) is 11.2 Å². The molecule has 0 aliphatic heterocycles. The Kier molecular flexibility index (Phi) is 4.21. The summed E-state index contributed by atoms with van der Waals surface area (Å²) in [6.45, 7) is 0. The first kappa shape index (κ1) is 12.6. The van der Waals surface area contributed by atoms with Gasteiger partial charge in [0.15, 0.2) is 0 Å². The van der Waals surface area contributed by atoms with Crippen molar-refractivity contribution in [1.82, 2.24) is 4.98 Å². The summed E-state index contributed by atoms with van der Waals surface area (Å²) in [5.74, 6) is -1.21. The summed E-state index contributed by atoms with van der Waals surface area (Å²) >= 11 is 7.26. The Morgan fingerprint density at radius 3 is 2.73 bits per heavy atom. The molecule has 1 aromatic rings. The van der Waals surface area contributed by atoms with Crippen molar-refractivity contribution < 1.29 is 18.7 Å². The minimum atomic E-state index is -2.78. The van der Waals surface area contributed by atoms with Gasteiger partial charge in [0.1, 0.15) is 0 Å². The molecule has 7 heteroatoms. The van der Waals surface area contributed by atoms with E-state index < -0.39 is 24.4 Å². The number of carbonyl (C=O) groups is 1. The van der Waals surface area contributed by atoms with Crippen LogP contribution >= 0.6 is 34.2 Å². The first-order valence-corrected chi connectivity index (χ1v) is 5.22. The van der Waals surface area contributed by atoms with E-state index in [1.165, 1.54) is 6.20 Å². The number of rotatable bonds is 3. The van der Waals surface area contributed by atoms with Crippen molar-refractivity contribution in [2.24, 2.45) is 0 Å². The molecule has 0 fully saturated rings. The number of alkyl halides is 2. The average molecular weight is 347 g/mol. The number of hydrogen-bond donors (Lipinski definition) is 1. The molecule has 0 radical (unpaired) electrons. The van der Waals surface area contributed by atoms with E-state index in [0.29, 0.717) is 0 Å². The van der Waals surface area contributed by atoms with E-state index in [1.807, 2.05) is 0 Å². The third kappa shape index (κ3) is 2.97. The number of aromatic nitrogens is 1. The van der Waals surface area contributed by atoms with E-state index in [4.69, 9.17) is 16.7 Å². The molecule has 3 nitrogen and oxygen atoms in total. The van der Waals surface area contributed by atoms with Gasteiger partial charge in [-0.1, -0.05) is 11.6 Å². The summed E-state index contributed by atoms with van der Waals surface area (Å²) in [5.41, 5.74) is -0.545. The van der Waals surface area contributed by atoms with Crippen LogP contribution in [-0.4, -0.2) is 16.1 Å². The van der Waals surface area contributed by atoms with Gasteiger partial charge >= 0.3 is 5.97 Å². The van der Waals surface area contributed by atoms with Crippen LogP contribution in [0.5, 0.6) is 0 Å². The highest BCUT2D eigenvalue weighted by Gasteiger charge is 2.21. The lowest BCUT2D eigenvalue weighted by Gasteiger charge is -2.09. The van der Waals surface area contributed by atoms with Crippen molar-refractivity contribution in [3.8, 4) is 0 Å². The summed E-state index contributed by atoms with van der Waals surface area (Å²) in [7, 11) is 0. The van der Waals surface area contributed by atoms with Crippen molar-refractivity contribution >= 4 is 40.2 Å². The van der Waals surface area contributed by atoms with E-state index in [1.54, 1.807) is 22.6 Å². The second-order valence-electron chi connectivity index (χ2n) is 2.65. The SMILES string of the molecule is O=C(O)Cc1ncc(Cl)c(I)c1C(F)F. The molecule has 0 aliphatic rings. The molecule has 0 spiro atoms. The van der Waals surface area contributed by atoms with Gasteiger partial charge in [0.05, 0.1) is 22.7 Å². The number of aliphatic carboxylic acids is 1. The Bertz CT molecular complexity index is 400. The van der Waals surface area contributed by atoms with E-state index in [-0.39, 0.29) is 14.3 Å². The molecule has 0 saturated carbocycles. The van der Waals surface area contributed by atoms with Gasteiger partial charge in [-0.25, -0.2) is 8.78 Å². The van der Waals surface area contributed by atoms with E-state index in [2.05, 4.69) is 4.98 Å². The zero-order chi connectivity index (χ0) is 11.6. The molecule has 0 saturated heterocycles. The zero-order valence-electron chi connectivity index (χ0n) is 7.18. The molecular formula is C8H5ClF2INO2. The summed E-state index contributed by atoms with van der Waals surface area (Å²) < 4.78 is 25.4. The normalized spacial score (nSPS) is 10.7. The van der Waals surface area contributed by atoms with Crippen LogP contribution in [0.15, 0.2) is 6.20 Å². The predicted molar refractivity (Wildman–Crippen MR) is 58.3 cm³/mol. The quantitative estimate of drug-likeness (QED) is 0.856. The maximum absolute atomic E-state index is 12.6. The largest absolute Gasteiger partial charge is 0.481 e. The lowest BCUT2D eigenvalue weighted by atomic mass is 10.1. The van der Waals surface area contributed by atoms with Gasteiger partial charge in [-0.05, 0) is 22.6 Å². The lowest BCUT2D eigenvalue weighted by Crippen LogP contribution is -2.08. The lowest BCUT2D eigenvalue weighted by molar-refractivity contribution is -0.136. The van der Waals surface area contributed by atoms with Crippen LogP contribution < -0.4 is 0 Å². The number of pyridine rings is 1. The molecule has 0 aliphatic carbocycles. The van der Waals surface area contributed by atoms with Gasteiger partial charge in [-0.3, -0.25) is 9.78 Å². The van der Waals surface area contributed by atoms with Crippen molar-refractivity contribution in [2.75, 3.05) is 0 Å². The molecule has 82 valence electrons. The molecule has 0 aromatic carbocycles. The summed E-state index contributed by atoms with van der Waals surface area (Å²) in [4.78, 5) is 14.0. The van der Waals surface area contributed by atoms with Crippen LogP contribution in [0, 0.1) is 3.57 Å². The molecule has 1 N–H and O–H groups in total. The van der Waals surface area contributed by atoms with Crippen LogP contribution in [0.4, 0.5) is 8.78 Å². The Labute approximate surface area is 103 Å². The van der Waals surface area contributed by atoms with Crippen molar-refractivity contribution in [3.63, 3.8) is 0 Å². The Hall–Kier alpha value is -0.500. The molecule has 0 atom stereocenters. The zero-order valence-corrected chi connectivity index (χ0v) is 10.1. The second-order valence-corrected chi connectivity index (χ2v) is 4.14.